The maximum Gasteiger partial charge on any atom is 0.179 e. The van der Waals surface area contributed by atoms with Gasteiger partial charge in [-0.05, 0) is 24.4 Å². The van der Waals surface area contributed by atoms with Crippen LogP contribution >= 0.6 is 23.8 Å². The summed E-state index contributed by atoms with van der Waals surface area (Å²) in [6.07, 6.45) is 0. The Balaban J connectivity index is 2.98. The third-order valence-electron chi connectivity index (χ3n) is 1.71. The first-order chi connectivity index (χ1) is 5.68. The standard InChI is InChI=1S/C7H6ClN3S/c1-11-6-4(9-7(11)12)2-3-5(8)10-6/h2-3H,1H3,(H,9,12). The van der Waals surface area contributed by atoms with Gasteiger partial charge in [0.1, 0.15) is 5.15 Å². The number of aryl methyl sites for hydroxylation is 1. The first-order valence-corrected chi connectivity index (χ1v) is 4.18. The van der Waals surface area contributed by atoms with Crippen molar-refractivity contribution in [1.29, 1.82) is 0 Å². The molecule has 0 unspecified atom stereocenters. The van der Waals surface area contributed by atoms with E-state index in [1.807, 2.05) is 13.1 Å². The zero-order valence-electron chi connectivity index (χ0n) is 6.34. The highest BCUT2D eigenvalue weighted by Crippen LogP contribution is 2.13. The highest BCUT2D eigenvalue weighted by molar-refractivity contribution is 7.71. The van der Waals surface area contributed by atoms with Crippen molar-refractivity contribution >= 4 is 35.0 Å². The third-order valence-corrected chi connectivity index (χ3v) is 2.29. The minimum atomic E-state index is 0.479. The van der Waals surface area contributed by atoms with Crippen LogP contribution in [0.2, 0.25) is 5.15 Å². The molecule has 0 spiro atoms. The van der Waals surface area contributed by atoms with Crippen molar-refractivity contribution in [2.75, 3.05) is 0 Å². The molecule has 2 rings (SSSR count). The molecule has 0 saturated heterocycles. The van der Waals surface area contributed by atoms with E-state index in [1.54, 1.807) is 10.6 Å². The van der Waals surface area contributed by atoms with Gasteiger partial charge >= 0.3 is 0 Å². The van der Waals surface area contributed by atoms with E-state index in [2.05, 4.69) is 9.97 Å². The van der Waals surface area contributed by atoms with Gasteiger partial charge in [-0.3, -0.25) is 0 Å². The van der Waals surface area contributed by atoms with Gasteiger partial charge in [0.05, 0.1) is 5.52 Å². The van der Waals surface area contributed by atoms with Gasteiger partial charge in [-0.25, -0.2) is 4.98 Å². The van der Waals surface area contributed by atoms with Crippen molar-refractivity contribution in [3.63, 3.8) is 0 Å². The van der Waals surface area contributed by atoms with E-state index in [4.69, 9.17) is 23.8 Å². The van der Waals surface area contributed by atoms with Crippen molar-refractivity contribution < 1.29 is 0 Å². The second-order valence-corrected chi connectivity index (χ2v) is 3.27. The van der Waals surface area contributed by atoms with Crippen molar-refractivity contribution in [3.8, 4) is 0 Å². The molecule has 62 valence electrons. The van der Waals surface area contributed by atoms with E-state index < -0.39 is 0 Å². The average Bonchev–Trinajstić information content (AvgIpc) is 2.31. The lowest BCUT2D eigenvalue weighted by molar-refractivity contribution is 0.912. The second kappa shape index (κ2) is 2.57. The number of nitrogens with one attached hydrogen (secondary N) is 1. The Morgan fingerprint density at radius 1 is 1.58 bits per heavy atom. The summed E-state index contributed by atoms with van der Waals surface area (Å²) in [7, 11) is 1.85. The van der Waals surface area contributed by atoms with Gasteiger partial charge < -0.3 is 9.55 Å². The van der Waals surface area contributed by atoms with Crippen LogP contribution in [0.5, 0.6) is 0 Å². The Morgan fingerprint density at radius 3 is 3.08 bits per heavy atom. The first-order valence-electron chi connectivity index (χ1n) is 3.40. The fraction of sp³-hybridized carbons (Fsp3) is 0.143. The number of nitrogens with zero attached hydrogens (tertiary/aromatic N) is 2. The van der Waals surface area contributed by atoms with Crippen molar-refractivity contribution in [1.82, 2.24) is 14.5 Å². The minimum absolute atomic E-state index is 0.479. The van der Waals surface area contributed by atoms with E-state index in [0.29, 0.717) is 9.92 Å². The Kier molecular flexibility index (Phi) is 1.66. The molecule has 2 aromatic heterocycles. The molecule has 3 nitrogen and oxygen atoms in total. The molecule has 0 aromatic carbocycles. The SMILES string of the molecule is Cn1c(=S)[nH]c2ccc(Cl)nc21. The second-order valence-electron chi connectivity index (χ2n) is 2.49. The quantitative estimate of drug-likeness (QED) is 0.522. The third kappa shape index (κ3) is 1.04. The fourth-order valence-corrected chi connectivity index (χ4v) is 1.41. The predicted octanol–water partition coefficient (Wildman–Crippen LogP) is 2.28. The first kappa shape index (κ1) is 7.76. The highest BCUT2D eigenvalue weighted by Gasteiger charge is 2.01. The van der Waals surface area contributed by atoms with E-state index in [0.717, 1.165) is 11.2 Å². The molecular weight excluding hydrogens is 194 g/mol. The summed E-state index contributed by atoms with van der Waals surface area (Å²) in [6, 6.07) is 3.59. The number of aromatic nitrogens is 3. The molecular formula is C7H6ClN3S. The molecule has 0 amide bonds. The number of imidazole rings is 1. The predicted molar refractivity (Wildman–Crippen MR) is 50.9 cm³/mol. The summed E-state index contributed by atoms with van der Waals surface area (Å²) in [4.78, 5) is 7.14. The fourth-order valence-electron chi connectivity index (χ4n) is 1.07. The number of fused-ring (bicyclic) bond motifs is 1. The number of hydrogen-bond donors (Lipinski definition) is 1. The Labute approximate surface area is 79.0 Å². The molecule has 0 bridgehead atoms. The lowest BCUT2D eigenvalue weighted by Gasteiger charge is -1.92. The lowest BCUT2D eigenvalue weighted by atomic mass is 10.4. The summed E-state index contributed by atoms with van der Waals surface area (Å²) in [5.74, 6) is 0. The molecule has 5 heteroatoms. The largest absolute Gasteiger partial charge is 0.329 e. The van der Waals surface area contributed by atoms with Crippen LogP contribution in [0.15, 0.2) is 12.1 Å². The molecule has 0 aliphatic carbocycles. The monoisotopic (exact) mass is 199 g/mol. The molecule has 0 atom stereocenters. The van der Waals surface area contributed by atoms with Crippen molar-refractivity contribution in [2.24, 2.45) is 7.05 Å². The van der Waals surface area contributed by atoms with Gasteiger partial charge in [-0.1, -0.05) is 11.6 Å². The molecule has 2 aromatic rings. The number of aromatic amines is 1. The lowest BCUT2D eigenvalue weighted by Crippen LogP contribution is -1.88. The molecule has 0 saturated carbocycles. The Bertz CT molecular complexity index is 485. The zero-order chi connectivity index (χ0) is 8.72. The Hall–Kier alpha value is -0.870. The van der Waals surface area contributed by atoms with Crippen LogP contribution in [0, 0.1) is 4.77 Å². The van der Waals surface area contributed by atoms with Gasteiger partial charge in [0, 0.05) is 7.05 Å². The number of hydrogen-bond acceptors (Lipinski definition) is 2. The molecule has 0 fully saturated rings. The molecule has 0 radical (unpaired) electrons. The molecule has 2 heterocycles. The van der Waals surface area contributed by atoms with Crippen LogP contribution < -0.4 is 0 Å². The van der Waals surface area contributed by atoms with E-state index in [9.17, 15) is 0 Å². The van der Waals surface area contributed by atoms with Crippen LogP contribution in [0.25, 0.3) is 11.2 Å². The smallest absolute Gasteiger partial charge is 0.179 e. The van der Waals surface area contributed by atoms with Gasteiger partial charge in [-0.2, -0.15) is 0 Å². The minimum Gasteiger partial charge on any atom is -0.329 e. The molecule has 0 aliphatic rings. The van der Waals surface area contributed by atoms with E-state index in [-0.39, 0.29) is 0 Å². The van der Waals surface area contributed by atoms with Crippen molar-refractivity contribution in [3.05, 3.63) is 22.1 Å². The Morgan fingerprint density at radius 2 is 2.33 bits per heavy atom. The van der Waals surface area contributed by atoms with Gasteiger partial charge in [0.2, 0.25) is 0 Å². The maximum absolute atomic E-state index is 5.73. The van der Waals surface area contributed by atoms with Crippen LogP contribution in [0.3, 0.4) is 0 Å². The average molecular weight is 200 g/mol. The van der Waals surface area contributed by atoms with Crippen LogP contribution in [-0.4, -0.2) is 14.5 Å². The maximum atomic E-state index is 5.73. The van der Waals surface area contributed by atoms with Gasteiger partial charge in [0.25, 0.3) is 0 Å². The summed E-state index contributed by atoms with van der Waals surface area (Å²) in [5, 5.41) is 0.479. The van der Waals surface area contributed by atoms with Crippen molar-refractivity contribution in [2.45, 2.75) is 0 Å². The van der Waals surface area contributed by atoms with Gasteiger partial charge in [-0.15, -0.1) is 0 Å². The van der Waals surface area contributed by atoms with Crippen LogP contribution in [0.1, 0.15) is 0 Å². The molecule has 0 aliphatic heterocycles. The number of rotatable bonds is 0. The summed E-state index contributed by atoms with van der Waals surface area (Å²) in [5.41, 5.74) is 1.69. The summed E-state index contributed by atoms with van der Waals surface area (Å²) in [6.45, 7) is 0. The number of pyridine rings is 1. The zero-order valence-corrected chi connectivity index (χ0v) is 7.91. The van der Waals surface area contributed by atoms with Gasteiger partial charge in [0.15, 0.2) is 10.4 Å². The molecule has 1 N–H and O–H groups in total. The summed E-state index contributed by atoms with van der Waals surface area (Å²) >= 11 is 10.7. The van der Waals surface area contributed by atoms with E-state index in [1.165, 1.54) is 0 Å². The summed E-state index contributed by atoms with van der Waals surface area (Å²) < 4.78 is 2.44. The molecule has 12 heavy (non-hydrogen) atoms. The van der Waals surface area contributed by atoms with Crippen LogP contribution in [0.4, 0.5) is 0 Å². The number of halogens is 1. The highest BCUT2D eigenvalue weighted by atomic mass is 35.5. The van der Waals surface area contributed by atoms with Crippen LogP contribution in [-0.2, 0) is 7.05 Å². The number of H-pyrrole nitrogens is 1. The van der Waals surface area contributed by atoms with E-state index >= 15 is 0 Å². The topological polar surface area (TPSA) is 33.6 Å². The normalized spacial score (nSPS) is 10.8.